The summed E-state index contributed by atoms with van der Waals surface area (Å²) in [4.78, 5) is 9.73. The van der Waals surface area contributed by atoms with Crippen LogP contribution in [0.25, 0.3) is 0 Å². The average molecular weight is 269 g/mol. The summed E-state index contributed by atoms with van der Waals surface area (Å²) in [6.45, 7) is 0. The SMILES string of the molecule is Nc1nc(C2C3CC4CC(C3)CC2C4)nc2c1CCC2. The Kier molecular flexibility index (Phi) is 2.28. The molecular weight excluding hydrogens is 246 g/mol. The van der Waals surface area contributed by atoms with Crippen LogP contribution in [0.5, 0.6) is 0 Å². The first-order valence-electron chi connectivity index (χ1n) is 8.43. The van der Waals surface area contributed by atoms with Gasteiger partial charge in [0.2, 0.25) is 0 Å². The van der Waals surface area contributed by atoms with Crippen molar-refractivity contribution in [2.45, 2.75) is 57.3 Å². The molecule has 0 aromatic carbocycles. The molecule has 0 aliphatic heterocycles. The van der Waals surface area contributed by atoms with E-state index < -0.39 is 0 Å². The van der Waals surface area contributed by atoms with Crippen LogP contribution in [0.1, 0.15) is 61.5 Å². The number of hydrogen-bond donors (Lipinski definition) is 1. The second kappa shape index (κ2) is 3.96. The smallest absolute Gasteiger partial charge is 0.134 e. The Balaban J connectivity index is 1.55. The first-order chi connectivity index (χ1) is 9.78. The molecule has 2 N–H and O–H groups in total. The van der Waals surface area contributed by atoms with Crippen LogP contribution in [0.3, 0.4) is 0 Å². The van der Waals surface area contributed by atoms with Gasteiger partial charge in [0.05, 0.1) is 0 Å². The Morgan fingerprint density at radius 3 is 2.25 bits per heavy atom. The van der Waals surface area contributed by atoms with E-state index in [1.807, 2.05) is 0 Å². The minimum absolute atomic E-state index is 0.621. The van der Waals surface area contributed by atoms with Crippen molar-refractivity contribution >= 4 is 5.82 Å². The summed E-state index contributed by atoms with van der Waals surface area (Å²) in [6, 6.07) is 0. The molecule has 0 amide bonds. The maximum Gasteiger partial charge on any atom is 0.134 e. The minimum Gasteiger partial charge on any atom is -0.383 e. The molecule has 0 spiro atoms. The molecule has 0 radical (unpaired) electrons. The number of hydrogen-bond acceptors (Lipinski definition) is 3. The third-order valence-electron chi connectivity index (χ3n) is 6.51. The van der Waals surface area contributed by atoms with Crippen LogP contribution in [0.2, 0.25) is 0 Å². The van der Waals surface area contributed by atoms with Gasteiger partial charge in [0.25, 0.3) is 0 Å². The largest absolute Gasteiger partial charge is 0.383 e. The van der Waals surface area contributed by atoms with E-state index in [2.05, 4.69) is 0 Å². The molecule has 3 nitrogen and oxygen atoms in total. The van der Waals surface area contributed by atoms with Crippen LogP contribution >= 0.6 is 0 Å². The second-order valence-electron chi connectivity index (χ2n) is 7.70. The Morgan fingerprint density at radius 1 is 0.850 bits per heavy atom. The van der Waals surface area contributed by atoms with Crippen LogP contribution in [0.4, 0.5) is 5.82 Å². The fourth-order valence-electron chi connectivity index (χ4n) is 5.98. The van der Waals surface area contributed by atoms with Gasteiger partial charge in [-0.25, -0.2) is 9.97 Å². The Morgan fingerprint density at radius 2 is 1.55 bits per heavy atom. The fraction of sp³-hybridized carbons (Fsp3) is 0.765. The Labute approximate surface area is 120 Å². The van der Waals surface area contributed by atoms with Crippen LogP contribution < -0.4 is 5.73 Å². The van der Waals surface area contributed by atoms with Crippen molar-refractivity contribution in [2.24, 2.45) is 23.7 Å². The van der Waals surface area contributed by atoms with Crippen LogP contribution in [0.15, 0.2) is 0 Å². The minimum atomic E-state index is 0.621. The predicted molar refractivity (Wildman–Crippen MR) is 78.3 cm³/mol. The zero-order chi connectivity index (χ0) is 13.3. The molecule has 3 heteroatoms. The van der Waals surface area contributed by atoms with Crippen molar-refractivity contribution in [3.8, 4) is 0 Å². The van der Waals surface area contributed by atoms with Crippen LogP contribution in [-0.4, -0.2) is 9.97 Å². The highest BCUT2D eigenvalue weighted by Gasteiger charge is 2.49. The van der Waals surface area contributed by atoms with Gasteiger partial charge in [-0.1, -0.05) is 0 Å². The molecule has 1 heterocycles. The van der Waals surface area contributed by atoms with E-state index in [0.29, 0.717) is 5.92 Å². The lowest BCUT2D eigenvalue weighted by atomic mass is 9.51. The molecule has 5 aliphatic rings. The molecule has 1 aromatic heterocycles. The Bertz CT molecular complexity index is 538. The number of aromatic nitrogens is 2. The highest BCUT2D eigenvalue weighted by atomic mass is 15.0. The number of nitrogens with zero attached hydrogens (tertiary/aromatic N) is 2. The molecule has 1 aromatic rings. The lowest BCUT2D eigenvalue weighted by Crippen LogP contribution is -2.44. The van der Waals surface area contributed by atoms with Gasteiger partial charge in [-0.2, -0.15) is 0 Å². The standard InChI is InChI=1S/C17H23N3/c18-16-13-2-1-3-14(13)19-17(20-16)15-11-5-9-4-10(7-11)8-12(15)6-9/h9-12,15H,1-8H2,(H2,18,19,20). The van der Waals surface area contributed by atoms with Gasteiger partial charge in [0, 0.05) is 17.2 Å². The van der Waals surface area contributed by atoms with E-state index in [9.17, 15) is 0 Å². The summed E-state index contributed by atoms with van der Waals surface area (Å²) in [7, 11) is 0. The zero-order valence-electron chi connectivity index (χ0n) is 12.0. The zero-order valence-corrected chi connectivity index (χ0v) is 12.0. The van der Waals surface area contributed by atoms with Gasteiger partial charge in [-0.15, -0.1) is 0 Å². The van der Waals surface area contributed by atoms with Crippen molar-refractivity contribution < 1.29 is 0 Å². The first kappa shape index (κ1) is 11.5. The molecule has 4 bridgehead atoms. The maximum atomic E-state index is 6.21. The van der Waals surface area contributed by atoms with Crippen molar-refractivity contribution in [1.82, 2.24) is 9.97 Å². The van der Waals surface area contributed by atoms with Crippen LogP contribution in [0, 0.1) is 23.7 Å². The average Bonchev–Trinajstić information content (AvgIpc) is 2.86. The van der Waals surface area contributed by atoms with E-state index in [4.69, 9.17) is 15.7 Å². The molecular formula is C17H23N3. The predicted octanol–water partition coefficient (Wildman–Crippen LogP) is 3.09. The van der Waals surface area contributed by atoms with Crippen molar-refractivity contribution in [2.75, 3.05) is 5.73 Å². The summed E-state index contributed by atoms with van der Waals surface area (Å²) < 4.78 is 0. The van der Waals surface area contributed by atoms with E-state index in [-0.39, 0.29) is 0 Å². The fourth-order valence-corrected chi connectivity index (χ4v) is 5.98. The van der Waals surface area contributed by atoms with Gasteiger partial charge < -0.3 is 5.73 Å². The molecule has 20 heavy (non-hydrogen) atoms. The maximum absolute atomic E-state index is 6.21. The number of rotatable bonds is 1. The topological polar surface area (TPSA) is 51.8 Å². The van der Waals surface area contributed by atoms with Gasteiger partial charge in [0.1, 0.15) is 11.6 Å². The number of anilines is 1. The number of nitrogen functional groups attached to an aromatic ring is 1. The molecule has 106 valence electrons. The summed E-state index contributed by atoms with van der Waals surface area (Å²) >= 11 is 0. The first-order valence-corrected chi connectivity index (χ1v) is 8.43. The van der Waals surface area contributed by atoms with E-state index in [0.717, 1.165) is 48.2 Å². The number of aryl methyl sites for hydroxylation is 1. The van der Waals surface area contributed by atoms with Crippen molar-refractivity contribution in [3.63, 3.8) is 0 Å². The van der Waals surface area contributed by atoms with Gasteiger partial charge in [0.15, 0.2) is 0 Å². The summed E-state index contributed by atoms with van der Waals surface area (Å²) in [5, 5.41) is 0. The third kappa shape index (κ3) is 1.52. The molecule has 4 fully saturated rings. The summed E-state index contributed by atoms with van der Waals surface area (Å²) in [5.74, 6) is 6.25. The molecule has 5 aliphatic carbocycles. The summed E-state index contributed by atoms with van der Waals surface area (Å²) in [5.41, 5.74) is 8.73. The Hall–Kier alpha value is -1.12. The van der Waals surface area contributed by atoms with E-state index in [1.165, 1.54) is 49.8 Å². The monoisotopic (exact) mass is 269 g/mol. The molecule has 4 saturated carbocycles. The van der Waals surface area contributed by atoms with E-state index >= 15 is 0 Å². The molecule has 6 rings (SSSR count). The van der Waals surface area contributed by atoms with Gasteiger partial charge >= 0.3 is 0 Å². The van der Waals surface area contributed by atoms with Crippen LogP contribution in [-0.2, 0) is 12.8 Å². The lowest BCUT2D eigenvalue weighted by molar-refractivity contribution is -0.00566. The van der Waals surface area contributed by atoms with E-state index in [1.54, 1.807) is 0 Å². The molecule has 0 atom stereocenters. The molecule has 0 unspecified atom stereocenters. The second-order valence-corrected chi connectivity index (χ2v) is 7.70. The quantitative estimate of drug-likeness (QED) is 0.852. The lowest BCUT2D eigenvalue weighted by Gasteiger charge is -2.53. The summed E-state index contributed by atoms with van der Waals surface area (Å²) in [6.07, 6.45) is 10.6. The molecule has 0 saturated heterocycles. The number of nitrogens with two attached hydrogens (primary N) is 1. The van der Waals surface area contributed by atoms with Gasteiger partial charge in [-0.3, -0.25) is 0 Å². The highest BCUT2D eigenvalue weighted by molar-refractivity contribution is 5.45. The van der Waals surface area contributed by atoms with Crippen molar-refractivity contribution in [3.05, 3.63) is 17.1 Å². The highest BCUT2D eigenvalue weighted by Crippen LogP contribution is 2.59. The van der Waals surface area contributed by atoms with Crippen molar-refractivity contribution in [1.29, 1.82) is 0 Å². The normalized spacial score (nSPS) is 41.1. The van der Waals surface area contributed by atoms with Gasteiger partial charge in [-0.05, 0) is 75.0 Å². The number of fused-ring (bicyclic) bond motifs is 1. The third-order valence-corrected chi connectivity index (χ3v) is 6.51.